The molecule has 2 aromatic carbocycles. The van der Waals surface area contributed by atoms with Crippen LogP contribution in [0.2, 0.25) is 10.0 Å². The predicted molar refractivity (Wildman–Crippen MR) is 104 cm³/mol. The predicted octanol–water partition coefficient (Wildman–Crippen LogP) is 4.05. The van der Waals surface area contributed by atoms with E-state index in [9.17, 15) is 10.1 Å². The zero-order valence-corrected chi connectivity index (χ0v) is 15.5. The van der Waals surface area contributed by atoms with Crippen molar-refractivity contribution in [2.24, 2.45) is 5.10 Å². The molecule has 1 aliphatic heterocycles. The number of hydrogen-bond acceptors (Lipinski definition) is 5. The molecule has 0 atom stereocenters. The lowest BCUT2D eigenvalue weighted by atomic mass is 10.2. The standard InChI is InChI=1S/C18H18Cl2N4O2/c19-16-4-1-14(2-5-16)13-22-7-9-23(10-8-22)21-12-15-3-6-17(20)18(11-15)24(25)26/h1-6,11-12H,7-10,13H2. The van der Waals surface area contributed by atoms with Gasteiger partial charge in [-0.1, -0.05) is 41.4 Å². The van der Waals surface area contributed by atoms with E-state index in [2.05, 4.69) is 10.0 Å². The van der Waals surface area contributed by atoms with E-state index in [0.29, 0.717) is 5.56 Å². The maximum absolute atomic E-state index is 10.9. The number of nitrogens with zero attached hydrogens (tertiary/aromatic N) is 4. The van der Waals surface area contributed by atoms with Crippen molar-refractivity contribution in [3.8, 4) is 0 Å². The zero-order chi connectivity index (χ0) is 18.5. The number of nitro benzene ring substituents is 1. The number of hydrogen-bond donors (Lipinski definition) is 0. The molecule has 2 aromatic rings. The summed E-state index contributed by atoms with van der Waals surface area (Å²) in [4.78, 5) is 12.8. The second-order valence-corrected chi connectivity index (χ2v) is 6.91. The van der Waals surface area contributed by atoms with Gasteiger partial charge in [-0.2, -0.15) is 5.10 Å². The first-order chi connectivity index (χ1) is 12.5. The normalized spacial score (nSPS) is 15.5. The number of halogens is 2. The van der Waals surface area contributed by atoms with Crippen molar-refractivity contribution in [3.05, 3.63) is 73.8 Å². The summed E-state index contributed by atoms with van der Waals surface area (Å²) in [6.07, 6.45) is 1.64. The third-order valence-electron chi connectivity index (χ3n) is 4.21. The molecule has 1 aliphatic rings. The Bertz CT molecular complexity index is 803. The van der Waals surface area contributed by atoms with E-state index >= 15 is 0 Å². The fourth-order valence-electron chi connectivity index (χ4n) is 2.76. The van der Waals surface area contributed by atoms with E-state index in [1.807, 2.05) is 29.3 Å². The van der Waals surface area contributed by atoms with Crippen LogP contribution >= 0.6 is 23.2 Å². The van der Waals surface area contributed by atoms with E-state index in [0.717, 1.165) is 37.7 Å². The first kappa shape index (κ1) is 18.6. The van der Waals surface area contributed by atoms with Crippen LogP contribution in [0.25, 0.3) is 0 Å². The summed E-state index contributed by atoms with van der Waals surface area (Å²) in [6, 6.07) is 12.6. The summed E-state index contributed by atoms with van der Waals surface area (Å²) in [5.41, 5.74) is 1.79. The van der Waals surface area contributed by atoms with Crippen molar-refractivity contribution in [2.75, 3.05) is 26.2 Å². The fourth-order valence-corrected chi connectivity index (χ4v) is 3.07. The molecule has 3 rings (SSSR count). The largest absolute Gasteiger partial charge is 0.295 e. The van der Waals surface area contributed by atoms with Crippen LogP contribution in [0.4, 0.5) is 5.69 Å². The van der Waals surface area contributed by atoms with Crippen molar-refractivity contribution in [1.29, 1.82) is 0 Å². The van der Waals surface area contributed by atoms with Crippen LogP contribution in [0.3, 0.4) is 0 Å². The van der Waals surface area contributed by atoms with E-state index in [1.165, 1.54) is 17.7 Å². The van der Waals surface area contributed by atoms with Gasteiger partial charge in [0.15, 0.2) is 0 Å². The molecule has 0 spiro atoms. The number of piperazine rings is 1. The molecule has 1 fully saturated rings. The molecule has 0 amide bonds. The molecule has 0 aromatic heterocycles. The van der Waals surface area contributed by atoms with Crippen LogP contribution in [-0.2, 0) is 6.54 Å². The molecule has 1 heterocycles. The topological polar surface area (TPSA) is 62.0 Å². The van der Waals surface area contributed by atoms with E-state index in [-0.39, 0.29) is 10.7 Å². The molecule has 0 radical (unpaired) electrons. The van der Waals surface area contributed by atoms with Gasteiger partial charge < -0.3 is 0 Å². The van der Waals surface area contributed by atoms with E-state index < -0.39 is 4.92 Å². The average Bonchev–Trinajstić information content (AvgIpc) is 2.64. The minimum atomic E-state index is -0.491. The molecule has 1 saturated heterocycles. The Morgan fingerprint density at radius 2 is 1.77 bits per heavy atom. The summed E-state index contributed by atoms with van der Waals surface area (Å²) in [6.45, 7) is 4.30. The Balaban J connectivity index is 1.53. The van der Waals surface area contributed by atoms with Gasteiger partial charge in [-0.05, 0) is 23.8 Å². The lowest BCUT2D eigenvalue weighted by Crippen LogP contribution is -2.43. The summed E-state index contributed by atoms with van der Waals surface area (Å²) in [7, 11) is 0. The van der Waals surface area contributed by atoms with Crippen molar-refractivity contribution >= 4 is 35.1 Å². The fraction of sp³-hybridized carbons (Fsp3) is 0.278. The Kier molecular flexibility index (Phi) is 6.08. The molecule has 0 unspecified atom stereocenters. The van der Waals surface area contributed by atoms with Crippen molar-refractivity contribution in [1.82, 2.24) is 9.91 Å². The minimum Gasteiger partial charge on any atom is -0.295 e. The van der Waals surface area contributed by atoms with E-state index in [4.69, 9.17) is 23.2 Å². The molecular formula is C18H18Cl2N4O2. The molecule has 0 bridgehead atoms. The van der Waals surface area contributed by atoms with Gasteiger partial charge in [0.25, 0.3) is 5.69 Å². The maximum atomic E-state index is 10.9. The monoisotopic (exact) mass is 392 g/mol. The first-order valence-electron chi connectivity index (χ1n) is 8.21. The van der Waals surface area contributed by atoms with Gasteiger partial charge in [0.2, 0.25) is 0 Å². The van der Waals surface area contributed by atoms with Gasteiger partial charge in [-0.15, -0.1) is 0 Å². The number of rotatable bonds is 5. The van der Waals surface area contributed by atoms with Gasteiger partial charge >= 0.3 is 0 Å². The van der Waals surface area contributed by atoms with Crippen LogP contribution in [0.5, 0.6) is 0 Å². The second-order valence-electron chi connectivity index (χ2n) is 6.07. The Morgan fingerprint density at radius 3 is 2.42 bits per heavy atom. The van der Waals surface area contributed by atoms with Gasteiger partial charge in [0.05, 0.1) is 11.1 Å². The highest BCUT2D eigenvalue weighted by Gasteiger charge is 2.16. The van der Waals surface area contributed by atoms with Crippen LogP contribution in [0, 0.1) is 10.1 Å². The molecule has 8 heteroatoms. The molecule has 6 nitrogen and oxygen atoms in total. The first-order valence-corrected chi connectivity index (χ1v) is 8.96. The highest BCUT2D eigenvalue weighted by Crippen LogP contribution is 2.24. The number of nitro groups is 1. The van der Waals surface area contributed by atoms with Crippen LogP contribution < -0.4 is 0 Å². The molecule has 0 N–H and O–H groups in total. The van der Waals surface area contributed by atoms with Crippen molar-refractivity contribution in [3.63, 3.8) is 0 Å². The second kappa shape index (κ2) is 8.49. The SMILES string of the molecule is O=[N+]([O-])c1cc(C=NN2CCN(Cc3ccc(Cl)cc3)CC2)ccc1Cl. The number of hydrazone groups is 1. The average molecular weight is 393 g/mol. The Morgan fingerprint density at radius 1 is 1.08 bits per heavy atom. The smallest absolute Gasteiger partial charge is 0.288 e. The number of benzene rings is 2. The Hall–Kier alpha value is -2.15. The Labute approximate surface area is 161 Å². The zero-order valence-electron chi connectivity index (χ0n) is 14.0. The highest BCUT2D eigenvalue weighted by atomic mass is 35.5. The maximum Gasteiger partial charge on any atom is 0.288 e. The third kappa shape index (κ3) is 4.94. The summed E-state index contributed by atoms with van der Waals surface area (Å²) in [5.74, 6) is 0. The molecule has 0 saturated carbocycles. The van der Waals surface area contributed by atoms with Crippen molar-refractivity contribution < 1.29 is 4.92 Å². The quantitative estimate of drug-likeness (QED) is 0.437. The van der Waals surface area contributed by atoms with Crippen molar-refractivity contribution in [2.45, 2.75) is 6.54 Å². The summed E-state index contributed by atoms with van der Waals surface area (Å²) >= 11 is 11.7. The summed E-state index contributed by atoms with van der Waals surface area (Å²) in [5, 5.41) is 18.2. The van der Waals surface area contributed by atoms with Gasteiger partial charge in [-0.25, -0.2) is 0 Å². The van der Waals surface area contributed by atoms with Gasteiger partial charge in [0, 0.05) is 49.4 Å². The lowest BCUT2D eigenvalue weighted by Gasteiger charge is -2.33. The van der Waals surface area contributed by atoms with Gasteiger partial charge in [-0.3, -0.25) is 20.0 Å². The van der Waals surface area contributed by atoms with Crippen LogP contribution in [-0.4, -0.2) is 47.2 Å². The molecule has 0 aliphatic carbocycles. The van der Waals surface area contributed by atoms with Crippen LogP contribution in [0.1, 0.15) is 11.1 Å². The van der Waals surface area contributed by atoms with E-state index in [1.54, 1.807) is 12.3 Å². The lowest BCUT2D eigenvalue weighted by molar-refractivity contribution is -0.384. The summed E-state index contributed by atoms with van der Waals surface area (Å²) < 4.78 is 0. The molecule has 136 valence electrons. The van der Waals surface area contributed by atoms with Gasteiger partial charge in [0.1, 0.15) is 5.02 Å². The molecular weight excluding hydrogens is 375 g/mol. The highest BCUT2D eigenvalue weighted by molar-refractivity contribution is 6.32. The molecule has 26 heavy (non-hydrogen) atoms. The van der Waals surface area contributed by atoms with Crippen LogP contribution in [0.15, 0.2) is 47.6 Å². The third-order valence-corrected chi connectivity index (χ3v) is 4.78. The minimum absolute atomic E-state index is 0.108.